The Bertz CT molecular complexity index is 524. The Kier molecular flexibility index (Phi) is 4.76. The fourth-order valence-corrected chi connectivity index (χ4v) is 2.54. The van der Waals surface area contributed by atoms with E-state index in [1.54, 1.807) is 0 Å². The van der Waals surface area contributed by atoms with Gasteiger partial charge in [-0.15, -0.1) is 0 Å². The molecular formula is C15H19F3N2S. The van der Waals surface area contributed by atoms with E-state index in [9.17, 15) is 13.2 Å². The molecule has 0 unspecified atom stereocenters. The van der Waals surface area contributed by atoms with Crippen molar-refractivity contribution < 1.29 is 13.2 Å². The highest BCUT2D eigenvalue weighted by Gasteiger charge is 2.34. The van der Waals surface area contributed by atoms with Crippen LogP contribution in [0.15, 0.2) is 18.2 Å². The minimum Gasteiger partial charge on any atom is -0.389 e. The molecule has 1 aromatic carbocycles. The van der Waals surface area contributed by atoms with Crippen LogP contribution in [0.5, 0.6) is 0 Å². The maximum absolute atomic E-state index is 12.8. The standard InChI is InChI=1S/C15H19F3N2S/c1-2-3-8-20(11-5-6-11)13-7-4-10(15(16,17)18)9-12(13)14(19)21/h4,7,9,11H,2-3,5-6,8H2,1H3,(H2,19,21). The van der Waals surface area contributed by atoms with Crippen LogP contribution in [-0.4, -0.2) is 17.6 Å². The summed E-state index contributed by atoms with van der Waals surface area (Å²) in [6.45, 7) is 2.91. The van der Waals surface area contributed by atoms with Crippen LogP contribution in [0.2, 0.25) is 0 Å². The number of thiocarbonyl (C=S) groups is 1. The second-order valence-corrected chi connectivity index (χ2v) is 5.81. The summed E-state index contributed by atoms with van der Waals surface area (Å²) in [5, 5.41) is 0. The van der Waals surface area contributed by atoms with E-state index in [0.29, 0.717) is 11.6 Å². The number of nitrogens with zero attached hydrogens (tertiary/aromatic N) is 1. The van der Waals surface area contributed by atoms with E-state index in [4.69, 9.17) is 18.0 Å². The lowest BCUT2D eigenvalue weighted by atomic mass is 10.1. The van der Waals surface area contributed by atoms with Gasteiger partial charge in [0.1, 0.15) is 4.99 Å². The second kappa shape index (κ2) is 6.22. The zero-order chi connectivity index (χ0) is 15.6. The monoisotopic (exact) mass is 316 g/mol. The first-order chi connectivity index (χ1) is 9.84. The van der Waals surface area contributed by atoms with Crippen LogP contribution in [0.25, 0.3) is 0 Å². The molecule has 2 N–H and O–H groups in total. The predicted molar refractivity (Wildman–Crippen MR) is 82.6 cm³/mol. The molecule has 0 spiro atoms. The molecule has 0 heterocycles. The highest BCUT2D eigenvalue weighted by atomic mass is 32.1. The van der Waals surface area contributed by atoms with Gasteiger partial charge in [-0.3, -0.25) is 0 Å². The molecule has 0 saturated heterocycles. The smallest absolute Gasteiger partial charge is 0.389 e. The average molecular weight is 316 g/mol. The van der Waals surface area contributed by atoms with Gasteiger partial charge in [0, 0.05) is 23.8 Å². The van der Waals surface area contributed by atoms with Crippen molar-refractivity contribution in [3.05, 3.63) is 29.3 Å². The van der Waals surface area contributed by atoms with E-state index in [-0.39, 0.29) is 4.99 Å². The van der Waals surface area contributed by atoms with E-state index in [1.807, 2.05) is 0 Å². The number of halogens is 3. The maximum Gasteiger partial charge on any atom is 0.416 e. The fraction of sp³-hybridized carbons (Fsp3) is 0.533. The second-order valence-electron chi connectivity index (χ2n) is 5.37. The van der Waals surface area contributed by atoms with Crippen molar-refractivity contribution in [1.29, 1.82) is 0 Å². The molecule has 0 radical (unpaired) electrons. The Morgan fingerprint density at radius 3 is 2.52 bits per heavy atom. The van der Waals surface area contributed by atoms with E-state index >= 15 is 0 Å². The number of hydrogen-bond donors (Lipinski definition) is 1. The average Bonchev–Trinajstić information content (AvgIpc) is 3.22. The fourth-order valence-electron chi connectivity index (χ4n) is 2.37. The van der Waals surface area contributed by atoms with Gasteiger partial charge in [0.25, 0.3) is 0 Å². The Labute approximate surface area is 128 Å². The number of unbranched alkanes of at least 4 members (excludes halogenated alkanes) is 1. The minimum absolute atomic E-state index is 0.0123. The summed E-state index contributed by atoms with van der Waals surface area (Å²) in [5.41, 5.74) is 5.99. The topological polar surface area (TPSA) is 29.3 Å². The molecule has 6 heteroatoms. The number of nitrogens with two attached hydrogens (primary N) is 1. The van der Waals surface area contributed by atoms with Gasteiger partial charge in [0.05, 0.1) is 5.56 Å². The molecule has 0 aliphatic heterocycles. The summed E-state index contributed by atoms with van der Waals surface area (Å²) < 4.78 is 38.5. The molecule has 1 saturated carbocycles. The molecule has 1 aliphatic rings. The molecule has 116 valence electrons. The van der Waals surface area contributed by atoms with E-state index in [0.717, 1.165) is 50.0 Å². The molecule has 0 aromatic heterocycles. The molecule has 21 heavy (non-hydrogen) atoms. The zero-order valence-corrected chi connectivity index (χ0v) is 12.7. The van der Waals surface area contributed by atoms with Crippen LogP contribution >= 0.6 is 12.2 Å². The van der Waals surface area contributed by atoms with E-state index < -0.39 is 11.7 Å². The number of benzene rings is 1. The quantitative estimate of drug-likeness (QED) is 0.801. The lowest BCUT2D eigenvalue weighted by Gasteiger charge is -2.27. The van der Waals surface area contributed by atoms with Crippen molar-refractivity contribution in [3.63, 3.8) is 0 Å². The summed E-state index contributed by atoms with van der Waals surface area (Å²) in [6.07, 6.45) is -0.213. The van der Waals surface area contributed by atoms with Crippen molar-refractivity contribution >= 4 is 22.9 Å². The van der Waals surface area contributed by atoms with E-state index in [2.05, 4.69) is 11.8 Å². The largest absolute Gasteiger partial charge is 0.416 e. The van der Waals surface area contributed by atoms with Crippen molar-refractivity contribution in [1.82, 2.24) is 0 Å². The lowest BCUT2D eigenvalue weighted by molar-refractivity contribution is -0.137. The van der Waals surface area contributed by atoms with Gasteiger partial charge in [-0.25, -0.2) is 0 Å². The van der Waals surface area contributed by atoms with Gasteiger partial charge >= 0.3 is 6.18 Å². The van der Waals surface area contributed by atoms with Crippen LogP contribution in [0.3, 0.4) is 0 Å². The SMILES string of the molecule is CCCCN(c1ccc(C(F)(F)F)cc1C(N)=S)C1CC1. The summed E-state index contributed by atoms with van der Waals surface area (Å²) in [6, 6.07) is 4.09. The van der Waals surface area contributed by atoms with Gasteiger partial charge in [0.2, 0.25) is 0 Å². The first kappa shape index (κ1) is 16.1. The summed E-state index contributed by atoms with van der Waals surface area (Å²) in [7, 11) is 0. The highest BCUT2D eigenvalue weighted by Crippen LogP contribution is 2.37. The van der Waals surface area contributed by atoms with Gasteiger partial charge in [-0.1, -0.05) is 25.6 Å². The van der Waals surface area contributed by atoms with Crippen LogP contribution in [-0.2, 0) is 6.18 Å². The Morgan fingerprint density at radius 2 is 2.05 bits per heavy atom. The Morgan fingerprint density at radius 1 is 1.38 bits per heavy atom. The first-order valence-electron chi connectivity index (χ1n) is 7.12. The van der Waals surface area contributed by atoms with Crippen LogP contribution in [0.1, 0.15) is 43.7 Å². The van der Waals surface area contributed by atoms with Crippen LogP contribution in [0.4, 0.5) is 18.9 Å². The number of rotatable bonds is 6. The first-order valence-corrected chi connectivity index (χ1v) is 7.53. The van der Waals surface area contributed by atoms with Crippen molar-refractivity contribution in [2.24, 2.45) is 5.73 Å². The summed E-state index contributed by atoms with van der Waals surface area (Å²) in [5.74, 6) is 0. The van der Waals surface area contributed by atoms with E-state index in [1.165, 1.54) is 6.07 Å². The normalized spacial score (nSPS) is 15.0. The number of hydrogen-bond acceptors (Lipinski definition) is 2. The zero-order valence-electron chi connectivity index (χ0n) is 11.9. The maximum atomic E-state index is 12.8. The molecule has 2 rings (SSSR count). The summed E-state index contributed by atoms with van der Waals surface area (Å²) >= 11 is 4.95. The summed E-state index contributed by atoms with van der Waals surface area (Å²) in [4.78, 5) is 2.16. The van der Waals surface area contributed by atoms with Gasteiger partial charge in [-0.2, -0.15) is 13.2 Å². The third-order valence-corrected chi connectivity index (χ3v) is 3.86. The van der Waals surface area contributed by atoms with Crippen molar-refractivity contribution in [2.45, 2.75) is 44.8 Å². The highest BCUT2D eigenvalue weighted by molar-refractivity contribution is 7.80. The number of alkyl halides is 3. The molecule has 0 amide bonds. The van der Waals surface area contributed by atoms with Gasteiger partial charge in [0.15, 0.2) is 0 Å². The molecule has 0 bridgehead atoms. The van der Waals surface area contributed by atoms with Crippen molar-refractivity contribution in [3.8, 4) is 0 Å². The third kappa shape index (κ3) is 3.87. The predicted octanol–water partition coefficient (Wildman–Crippen LogP) is 4.11. The molecular weight excluding hydrogens is 297 g/mol. The van der Waals surface area contributed by atoms with Crippen LogP contribution < -0.4 is 10.6 Å². The molecule has 1 aromatic rings. The number of anilines is 1. The molecule has 1 fully saturated rings. The minimum atomic E-state index is -4.38. The van der Waals surface area contributed by atoms with Gasteiger partial charge < -0.3 is 10.6 Å². The van der Waals surface area contributed by atoms with Crippen LogP contribution in [0, 0.1) is 0 Å². The third-order valence-electron chi connectivity index (χ3n) is 3.64. The lowest BCUT2D eigenvalue weighted by Crippen LogP contribution is -2.29. The molecule has 1 aliphatic carbocycles. The molecule has 0 atom stereocenters. The van der Waals surface area contributed by atoms with Crippen molar-refractivity contribution in [2.75, 3.05) is 11.4 Å². The van der Waals surface area contributed by atoms with Gasteiger partial charge in [-0.05, 0) is 37.5 Å². The Balaban J connectivity index is 2.39. The Hall–Kier alpha value is -1.30. The molecule has 2 nitrogen and oxygen atoms in total.